The van der Waals surface area contributed by atoms with Crippen LogP contribution in [0.2, 0.25) is 0 Å². The summed E-state index contributed by atoms with van der Waals surface area (Å²) in [4.78, 5) is 13.8. The van der Waals surface area contributed by atoms with Gasteiger partial charge in [-0.2, -0.15) is 0 Å². The number of hydrogen-bond donors (Lipinski definition) is 1. The summed E-state index contributed by atoms with van der Waals surface area (Å²) in [7, 11) is -3.10. The number of halogens is 1. The van der Waals surface area contributed by atoms with Gasteiger partial charge in [0.15, 0.2) is 9.84 Å². The fourth-order valence-electron chi connectivity index (χ4n) is 2.19. The lowest BCUT2D eigenvalue weighted by Crippen LogP contribution is -2.52. The van der Waals surface area contributed by atoms with E-state index in [1.807, 2.05) is 20.8 Å². The van der Waals surface area contributed by atoms with E-state index in [1.165, 1.54) is 0 Å². The molecule has 114 valence electrons. The van der Waals surface area contributed by atoms with Crippen molar-refractivity contribution in [2.75, 3.05) is 31.1 Å². The molecule has 1 heterocycles. The van der Waals surface area contributed by atoms with Crippen LogP contribution in [-0.4, -0.2) is 56.4 Å². The lowest BCUT2D eigenvalue weighted by atomic mass is 10.2. The van der Waals surface area contributed by atoms with Crippen LogP contribution in [0.5, 0.6) is 0 Å². The second-order valence-electron chi connectivity index (χ2n) is 5.40. The van der Waals surface area contributed by atoms with Crippen LogP contribution >= 0.6 is 12.4 Å². The molecule has 0 spiro atoms. The molecule has 7 heteroatoms. The monoisotopic (exact) mass is 312 g/mol. The predicted molar refractivity (Wildman–Crippen MR) is 79.4 cm³/mol. The molecule has 0 aromatic rings. The summed E-state index contributed by atoms with van der Waals surface area (Å²) in [5.41, 5.74) is 0. The van der Waals surface area contributed by atoms with Gasteiger partial charge in [-0.3, -0.25) is 4.79 Å². The molecule has 1 atom stereocenters. The van der Waals surface area contributed by atoms with Gasteiger partial charge in [-0.1, -0.05) is 13.8 Å². The Bertz CT molecular complexity index is 384. The molecule has 1 fully saturated rings. The van der Waals surface area contributed by atoms with E-state index in [2.05, 4.69) is 5.32 Å². The van der Waals surface area contributed by atoms with Crippen LogP contribution in [0, 0.1) is 5.92 Å². The van der Waals surface area contributed by atoms with Gasteiger partial charge in [-0.05, 0) is 12.8 Å². The number of amides is 1. The number of nitrogens with zero attached hydrogens (tertiary/aromatic N) is 1. The van der Waals surface area contributed by atoms with E-state index in [9.17, 15) is 13.2 Å². The third-order valence-electron chi connectivity index (χ3n) is 3.04. The van der Waals surface area contributed by atoms with E-state index in [0.29, 0.717) is 6.54 Å². The fourth-order valence-corrected chi connectivity index (χ4v) is 3.86. The Balaban J connectivity index is 0.00000324. The van der Waals surface area contributed by atoms with E-state index in [4.69, 9.17) is 0 Å². The van der Waals surface area contributed by atoms with Crippen molar-refractivity contribution >= 4 is 28.2 Å². The highest BCUT2D eigenvalue weighted by Gasteiger charge is 2.24. The minimum Gasteiger partial charge on any atom is -0.337 e. The number of piperazine rings is 1. The number of carbonyl (C=O) groups is 1. The summed E-state index contributed by atoms with van der Waals surface area (Å²) in [6, 6.07) is 0.152. The third-order valence-corrected chi connectivity index (χ3v) is 5.04. The van der Waals surface area contributed by atoms with Crippen LogP contribution in [0.1, 0.15) is 27.2 Å². The molecule has 19 heavy (non-hydrogen) atoms. The molecule has 1 saturated heterocycles. The van der Waals surface area contributed by atoms with Gasteiger partial charge < -0.3 is 10.2 Å². The Morgan fingerprint density at radius 2 is 2.05 bits per heavy atom. The molecule has 0 aliphatic carbocycles. The second kappa shape index (κ2) is 8.07. The molecule has 0 aromatic heterocycles. The molecule has 1 rings (SSSR count). The van der Waals surface area contributed by atoms with Crippen molar-refractivity contribution < 1.29 is 13.2 Å². The van der Waals surface area contributed by atoms with Gasteiger partial charge in [0.25, 0.3) is 0 Å². The van der Waals surface area contributed by atoms with Crippen molar-refractivity contribution in [3.63, 3.8) is 0 Å². The molecule has 1 aliphatic heterocycles. The maximum absolute atomic E-state index is 12.0. The normalized spacial score (nSPS) is 20.2. The Labute approximate surface area is 122 Å². The molecule has 1 N–H and O–H groups in total. The molecule has 0 radical (unpaired) electrons. The van der Waals surface area contributed by atoms with Gasteiger partial charge >= 0.3 is 0 Å². The number of rotatable bonds is 5. The number of hydrogen-bond acceptors (Lipinski definition) is 4. The molecular formula is C12H25ClN2O3S. The van der Waals surface area contributed by atoms with E-state index < -0.39 is 9.84 Å². The van der Waals surface area contributed by atoms with Gasteiger partial charge in [-0.15, -0.1) is 12.4 Å². The maximum Gasteiger partial charge on any atom is 0.223 e. The first kappa shape index (κ1) is 18.7. The first-order valence-corrected chi connectivity index (χ1v) is 8.34. The van der Waals surface area contributed by atoms with Crippen LogP contribution in [0.4, 0.5) is 0 Å². The smallest absolute Gasteiger partial charge is 0.223 e. The van der Waals surface area contributed by atoms with Crippen LogP contribution < -0.4 is 5.32 Å². The van der Waals surface area contributed by atoms with E-state index in [0.717, 1.165) is 13.1 Å². The molecule has 0 bridgehead atoms. The van der Waals surface area contributed by atoms with Crippen molar-refractivity contribution in [1.82, 2.24) is 10.2 Å². The molecular weight excluding hydrogens is 288 g/mol. The van der Waals surface area contributed by atoms with Crippen molar-refractivity contribution in [2.45, 2.75) is 33.2 Å². The summed E-state index contributed by atoms with van der Waals surface area (Å²) in [6.45, 7) is 7.96. The van der Waals surface area contributed by atoms with Crippen molar-refractivity contribution in [3.8, 4) is 0 Å². The lowest BCUT2D eigenvalue weighted by Gasteiger charge is -2.34. The molecule has 1 aliphatic rings. The van der Waals surface area contributed by atoms with Crippen molar-refractivity contribution in [1.29, 1.82) is 0 Å². The van der Waals surface area contributed by atoms with Crippen molar-refractivity contribution in [2.24, 2.45) is 5.92 Å². The zero-order valence-electron chi connectivity index (χ0n) is 11.9. The zero-order chi connectivity index (χ0) is 13.8. The Hall–Kier alpha value is -0.330. The minimum atomic E-state index is -3.10. The molecule has 0 saturated carbocycles. The topological polar surface area (TPSA) is 66.5 Å². The van der Waals surface area contributed by atoms with Gasteiger partial charge in [0, 0.05) is 32.1 Å². The van der Waals surface area contributed by atoms with Crippen LogP contribution in [-0.2, 0) is 14.6 Å². The summed E-state index contributed by atoms with van der Waals surface area (Å²) < 4.78 is 23.5. The molecule has 5 nitrogen and oxygen atoms in total. The number of sulfone groups is 1. The average molecular weight is 313 g/mol. The highest BCUT2D eigenvalue weighted by molar-refractivity contribution is 7.91. The summed E-state index contributed by atoms with van der Waals surface area (Å²) in [6.07, 6.45) is 0.111. The van der Waals surface area contributed by atoms with E-state index in [1.54, 1.807) is 4.90 Å². The predicted octanol–water partition coefficient (Wildman–Crippen LogP) is 0.689. The fraction of sp³-hybridized carbons (Fsp3) is 0.917. The minimum absolute atomic E-state index is 0. The standard InChI is InChI=1S/C12H24N2O3S.ClH/c1-10(2)9-18(16,17)7-4-12(15)14-6-5-13-8-11(14)3;/h10-11,13H,4-9H2,1-3H3;1H/t11-;/m1./s1. The molecule has 0 aromatic carbocycles. The molecule has 0 unspecified atom stereocenters. The Morgan fingerprint density at radius 1 is 1.42 bits per heavy atom. The average Bonchev–Trinajstić information content (AvgIpc) is 2.25. The van der Waals surface area contributed by atoms with Crippen LogP contribution in [0.25, 0.3) is 0 Å². The second-order valence-corrected chi connectivity index (χ2v) is 7.63. The lowest BCUT2D eigenvalue weighted by molar-refractivity contribution is -0.133. The van der Waals surface area contributed by atoms with E-state index >= 15 is 0 Å². The number of nitrogens with one attached hydrogen (secondary N) is 1. The maximum atomic E-state index is 12.0. The van der Waals surface area contributed by atoms with E-state index in [-0.39, 0.29) is 48.2 Å². The van der Waals surface area contributed by atoms with Gasteiger partial charge in [0.1, 0.15) is 0 Å². The first-order chi connectivity index (χ1) is 8.32. The quantitative estimate of drug-likeness (QED) is 0.811. The SMILES string of the molecule is CC(C)CS(=O)(=O)CCC(=O)N1CCNC[C@H]1C.Cl. The van der Waals surface area contributed by atoms with Crippen LogP contribution in [0.3, 0.4) is 0 Å². The highest BCUT2D eigenvalue weighted by Crippen LogP contribution is 2.08. The summed E-state index contributed by atoms with van der Waals surface area (Å²) in [5.74, 6) is 0.206. The van der Waals surface area contributed by atoms with Gasteiger partial charge in [0.2, 0.25) is 5.91 Å². The third kappa shape index (κ3) is 6.58. The van der Waals surface area contributed by atoms with Gasteiger partial charge in [-0.25, -0.2) is 8.42 Å². The highest BCUT2D eigenvalue weighted by atomic mass is 35.5. The zero-order valence-corrected chi connectivity index (χ0v) is 13.5. The summed E-state index contributed by atoms with van der Waals surface area (Å²) >= 11 is 0. The van der Waals surface area contributed by atoms with Crippen molar-refractivity contribution in [3.05, 3.63) is 0 Å². The van der Waals surface area contributed by atoms with Gasteiger partial charge in [0.05, 0.1) is 11.5 Å². The molecule has 1 amide bonds. The first-order valence-electron chi connectivity index (χ1n) is 6.52. The number of carbonyl (C=O) groups excluding carboxylic acids is 1. The Kier molecular flexibility index (Phi) is 7.93. The Morgan fingerprint density at radius 3 is 2.58 bits per heavy atom. The largest absolute Gasteiger partial charge is 0.337 e. The van der Waals surface area contributed by atoms with Crippen LogP contribution in [0.15, 0.2) is 0 Å². The summed E-state index contributed by atoms with van der Waals surface area (Å²) in [5, 5.41) is 3.21.